The number of hydrazine groups is 1. The molecule has 0 bridgehead atoms. The number of anilines is 2. The molecular weight excluding hydrogens is 262 g/mol. The highest BCUT2D eigenvalue weighted by Gasteiger charge is 2.12. The third kappa shape index (κ3) is 3.33. The molecule has 100 valence electrons. The zero-order valence-corrected chi connectivity index (χ0v) is 11.4. The van der Waals surface area contributed by atoms with E-state index >= 15 is 0 Å². The molecule has 0 fully saturated rings. The Balaban J connectivity index is 2.23. The molecule has 0 amide bonds. The summed E-state index contributed by atoms with van der Waals surface area (Å²) in [5, 5.41) is 3.78. The second-order valence-corrected chi connectivity index (χ2v) is 4.46. The van der Waals surface area contributed by atoms with Crippen LogP contribution in [0.1, 0.15) is 24.9 Å². The van der Waals surface area contributed by atoms with Gasteiger partial charge in [-0.15, -0.1) is 0 Å². The van der Waals surface area contributed by atoms with Crippen LogP contribution in [0, 0.1) is 0 Å². The lowest BCUT2D eigenvalue weighted by atomic mass is 10.0. The number of nitrogens with two attached hydrogens (primary N) is 1. The standard InChI is InChI=1S/C13H16ClN5/c1-2-11(9-6-4-3-5-7-9)17-12-10(14)8-16-13(18-12)19-15/h3-8,11H,2,15H2,1H3,(H2,16,17,18,19). The van der Waals surface area contributed by atoms with E-state index in [1.54, 1.807) is 0 Å². The first kappa shape index (κ1) is 13.6. The maximum Gasteiger partial charge on any atom is 0.239 e. The molecule has 0 aliphatic rings. The van der Waals surface area contributed by atoms with Crippen LogP contribution in [0.4, 0.5) is 11.8 Å². The van der Waals surface area contributed by atoms with E-state index in [1.165, 1.54) is 11.8 Å². The number of nitrogens with zero attached hydrogens (tertiary/aromatic N) is 2. The minimum Gasteiger partial charge on any atom is -0.362 e. The van der Waals surface area contributed by atoms with Gasteiger partial charge in [0.1, 0.15) is 5.02 Å². The predicted molar refractivity (Wildman–Crippen MR) is 77.9 cm³/mol. The Morgan fingerprint density at radius 3 is 2.68 bits per heavy atom. The highest BCUT2D eigenvalue weighted by molar-refractivity contribution is 6.32. The number of benzene rings is 1. The summed E-state index contributed by atoms with van der Waals surface area (Å²) in [6.07, 6.45) is 2.43. The van der Waals surface area contributed by atoms with Crippen LogP contribution in [0.25, 0.3) is 0 Å². The van der Waals surface area contributed by atoms with Crippen LogP contribution in [0.5, 0.6) is 0 Å². The molecule has 19 heavy (non-hydrogen) atoms. The van der Waals surface area contributed by atoms with Gasteiger partial charge in [0, 0.05) is 0 Å². The summed E-state index contributed by atoms with van der Waals surface area (Å²) in [6.45, 7) is 2.10. The minimum atomic E-state index is 0.138. The summed E-state index contributed by atoms with van der Waals surface area (Å²) in [4.78, 5) is 8.16. The largest absolute Gasteiger partial charge is 0.362 e. The van der Waals surface area contributed by atoms with Gasteiger partial charge in [-0.05, 0) is 12.0 Å². The van der Waals surface area contributed by atoms with Crippen LogP contribution in [-0.4, -0.2) is 9.97 Å². The van der Waals surface area contributed by atoms with Crippen LogP contribution in [0.15, 0.2) is 36.5 Å². The first-order chi connectivity index (χ1) is 9.24. The smallest absolute Gasteiger partial charge is 0.239 e. The summed E-state index contributed by atoms with van der Waals surface area (Å²) in [5.74, 6) is 6.20. The van der Waals surface area contributed by atoms with E-state index in [-0.39, 0.29) is 6.04 Å². The lowest BCUT2D eigenvalue weighted by Gasteiger charge is -2.19. The topological polar surface area (TPSA) is 75.9 Å². The summed E-state index contributed by atoms with van der Waals surface area (Å²) in [5.41, 5.74) is 3.59. The van der Waals surface area contributed by atoms with E-state index in [9.17, 15) is 0 Å². The lowest BCUT2D eigenvalue weighted by molar-refractivity contribution is 0.744. The van der Waals surface area contributed by atoms with E-state index in [0.29, 0.717) is 16.8 Å². The number of halogens is 1. The van der Waals surface area contributed by atoms with Crippen molar-refractivity contribution in [1.82, 2.24) is 9.97 Å². The summed E-state index contributed by atoms with van der Waals surface area (Å²) in [6, 6.07) is 10.3. The van der Waals surface area contributed by atoms with Crippen LogP contribution in [0.2, 0.25) is 5.02 Å². The van der Waals surface area contributed by atoms with Gasteiger partial charge in [0.15, 0.2) is 5.82 Å². The van der Waals surface area contributed by atoms with Gasteiger partial charge in [0.05, 0.1) is 12.2 Å². The molecule has 4 N–H and O–H groups in total. The monoisotopic (exact) mass is 277 g/mol. The van der Waals surface area contributed by atoms with E-state index in [1.807, 2.05) is 18.2 Å². The number of aromatic nitrogens is 2. The van der Waals surface area contributed by atoms with Crippen molar-refractivity contribution >= 4 is 23.4 Å². The first-order valence-electron chi connectivity index (χ1n) is 6.05. The lowest BCUT2D eigenvalue weighted by Crippen LogP contribution is -2.14. The molecule has 2 aromatic rings. The Morgan fingerprint density at radius 1 is 1.32 bits per heavy atom. The Bertz CT molecular complexity index is 532. The van der Waals surface area contributed by atoms with Gasteiger partial charge in [0.25, 0.3) is 0 Å². The number of hydrogen-bond donors (Lipinski definition) is 3. The molecule has 0 saturated heterocycles. The summed E-state index contributed by atoms with van der Waals surface area (Å²) in [7, 11) is 0. The fraction of sp³-hybridized carbons (Fsp3) is 0.231. The molecule has 0 aliphatic heterocycles. The van der Waals surface area contributed by atoms with Gasteiger partial charge >= 0.3 is 0 Å². The van der Waals surface area contributed by atoms with Gasteiger partial charge in [-0.3, -0.25) is 5.43 Å². The van der Waals surface area contributed by atoms with Crippen molar-refractivity contribution in [2.75, 3.05) is 10.7 Å². The van der Waals surface area contributed by atoms with E-state index in [0.717, 1.165) is 6.42 Å². The molecule has 1 unspecified atom stereocenters. The number of rotatable bonds is 5. The molecule has 1 aromatic heterocycles. The Kier molecular flexibility index (Phi) is 4.54. The maximum atomic E-state index is 6.09. The first-order valence-corrected chi connectivity index (χ1v) is 6.43. The van der Waals surface area contributed by atoms with Gasteiger partial charge < -0.3 is 5.32 Å². The molecule has 0 spiro atoms. The van der Waals surface area contributed by atoms with Gasteiger partial charge in [0.2, 0.25) is 5.95 Å². The molecule has 0 saturated carbocycles. The molecule has 0 aliphatic carbocycles. The predicted octanol–water partition coefficient (Wildman–Crippen LogP) is 2.98. The third-order valence-electron chi connectivity index (χ3n) is 2.79. The molecule has 2 rings (SSSR count). The van der Waals surface area contributed by atoms with Crippen molar-refractivity contribution in [3.63, 3.8) is 0 Å². The zero-order valence-electron chi connectivity index (χ0n) is 10.6. The Hall–Kier alpha value is -1.85. The van der Waals surface area contributed by atoms with Crippen molar-refractivity contribution in [3.8, 4) is 0 Å². The fourth-order valence-corrected chi connectivity index (χ4v) is 1.95. The van der Waals surface area contributed by atoms with Crippen molar-refractivity contribution in [2.24, 2.45) is 5.84 Å². The van der Waals surface area contributed by atoms with Crippen LogP contribution in [-0.2, 0) is 0 Å². The Morgan fingerprint density at radius 2 is 2.05 bits per heavy atom. The van der Waals surface area contributed by atoms with Crippen LogP contribution < -0.4 is 16.6 Å². The van der Waals surface area contributed by atoms with Crippen LogP contribution >= 0.6 is 11.6 Å². The van der Waals surface area contributed by atoms with E-state index < -0.39 is 0 Å². The van der Waals surface area contributed by atoms with Crippen molar-refractivity contribution < 1.29 is 0 Å². The molecule has 1 atom stereocenters. The fourth-order valence-electron chi connectivity index (χ4n) is 1.81. The van der Waals surface area contributed by atoms with Gasteiger partial charge in [-0.25, -0.2) is 10.8 Å². The zero-order chi connectivity index (χ0) is 13.7. The van der Waals surface area contributed by atoms with Gasteiger partial charge in [-0.1, -0.05) is 48.9 Å². The second kappa shape index (κ2) is 6.36. The third-order valence-corrected chi connectivity index (χ3v) is 3.07. The van der Waals surface area contributed by atoms with Crippen molar-refractivity contribution in [1.29, 1.82) is 0 Å². The molecular formula is C13H16ClN5. The number of nitrogen functional groups attached to an aromatic ring is 1. The van der Waals surface area contributed by atoms with E-state index in [2.05, 4.69) is 39.8 Å². The Labute approximate surface area is 117 Å². The van der Waals surface area contributed by atoms with Gasteiger partial charge in [-0.2, -0.15) is 4.98 Å². The summed E-state index contributed by atoms with van der Waals surface area (Å²) < 4.78 is 0. The molecule has 6 heteroatoms. The highest BCUT2D eigenvalue weighted by atomic mass is 35.5. The van der Waals surface area contributed by atoms with Crippen molar-refractivity contribution in [3.05, 3.63) is 47.1 Å². The maximum absolute atomic E-state index is 6.09. The van der Waals surface area contributed by atoms with Crippen LogP contribution in [0.3, 0.4) is 0 Å². The highest BCUT2D eigenvalue weighted by Crippen LogP contribution is 2.26. The second-order valence-electron chi connectivity index (χ2n) is 4.05. The molecule has 1 aromatic carbocycles. The normalized spacial score (nSPS) is 11.9. The quantitative estimate of drug-likeness (QED) is 0.579. The average Bonchev–Trinajstić information content (AvgIpc) is 2.47. The minimum absolute atomic E-state index is 0.138. The molecule has 0 radical (unpaired) electrons. The number of hydrogen-bond acceptors (Lipinski definition) is 5. The van der Waals surface area contributed by atoms with E-state index in [4.69, 9.17) is 17.4 Å². The molecule has 5 nitrogen and oxygen atoms in total. The van der Waals surface area contributed by atoms with Crippen molar-refractivity contribution in [2.45, 2.75) is 19.4 Å². The SMILES string of the molecule is CCC(Nc1nc(NN)ncc1Cl)c1ccccc1. The number of nitrogens with one attached hydrogen (secondary N) is 2. The summed E-state index contributed by atoms with van der Waals surface area (Å²) >= 11 is 6.09. The average molecular weight is 278 g/mol. The molecule has 1 heterocycles.